The van der Waals surface area contributed by atoms with Crippen LogP contribution in [0.15, 0.2) is 24.8 Å². The van der Waals surface area contributed by atoms with Gasteiger partial charge in [-0.25, -0.2) is 0 Å². The highest BCUT2D eigenvalue weighted by atomic mass is 13.5. The molecule has 0 aromatic heterocycles. The molecular formula is C5H8. The molecule has 0 heterocycles. The average molecular weight is 69.1 g/mol. The van der Waals surface area contributed by atoms with Gasteiger partial charge in [0.05, 0.1) is 1.37 Å². The van der Waals surface area contributed by atoms with Crippen molar-refractivity contribution < 1.29 is 1.37 Å². The van der Waals surface area contributed by atoms with Gasteiger partial charge in [-0.15, -0.1) is 0 Å². The van der Waals surface area contributed by atoms with Crippen LogP contribution in [0.25, 0.3) is 0 Å². The summed E-state index contributed by atoms with van der Waals surface area (Å²) in [7, 11) is 0. The number of rotatable bonds is 1. The zero-order valence-electron chi connectivity index (χ0n) is 4.36. The third-order valence-electron chi connectivity index (χ3n) is 0.285. The van der Waals surface area contributed by atoms with Gasteiger partial charge in [-0.1, -0.05) is 24.8 Å². The van der Waals surface area contributed by atoms with E-state index in [2.05, 4.69) is 6.58 Å². The molecule has 0 aromatic rings. The van der Waals surface area contributed by atoms with Crippen molar-refractivity contribution in [2.75, 3.05) is 0 Å². The number of hydrogen-bond acceptors (Lipinski definition) is 0. The Bertz CT molecular complexity index is 72.0. The van der Waals surface area contributed by atoms with Crippen LogP contribution < -0.4 is 0 Å². The molecule has 0 fully saturated rings. The van der Waals surface area contributed by atoms with Crippen molar-refractivity contribution in [3.8, 4) is 0 Å². The second-order valence-corrected chi connectivity index (χ2v) is 0.659. The van der Waals surface area contributed by atoms with E-state index in [-0.39, 0.29) is 0 Å². The molecule has 0 N–H and O–H groups in total. The van der Waals surface area contributed by atoms with E-state index in [0.717, 1.165) is 0 Å². The first-order valence-corrected chi connectivity index (χ1v) is 1.56. The first-order valence-electron chi connectivity index (χ1n) is 2.06. The molecule has 0 radical (unpaired) electrons. The van der Waals surface area contributed by atoms with Gasteiger partial charge in [0, 0.05) is 0 Å². The molecule has 0 saturated carbocycles. The molecule has 0 aliphatic heterocycles. The van der Waals surface area contributed by atoms with Crippen molar-refractivity contribution in [1.82, 2.24) is 0 Å². The summed E-state index contributed by atoms with van der Waals surface area (Å²) in [6.45, 7) is 5.19. The van der Waals surface area contributed by atoms with Crippen LogP contribution in [0.3, 0.4) is 0 Å². The average Bonchev–Trinajstić information content (AvgIpc) is 1.65. The van der Waals surface area contributed by atoms with Crippen molar-refractivity contribution in [2.45, 2.75) is 6.92 Å². The summed E-state index contributed by atoms with van der Waals surface area (Å²) < 4.78 is 6.81. The molecule has 28 valence electrons. The van der Waals surface area contributed by atoms with Crippen molar-refractivity contribution in [1.29, 1.82) is 0 Å². The summed E-state index contributed by atoms with van der Waals surface area (Å²) in [5.41, 5.74) is 0. The predicted molar refractivity (Wildman–Crippen MR) is 25.0 cm³/mol. The van der Waals surface area contributed by atoms with Crippen LogP contribution in [0, 0.1) is 0 Å². The van der Waals surface area contributed by atoms with Gasteiger partial charge in [0.1, 0.15) is 0 Å². The van der Waals surface area contributed by atoms with Crippen LogP contribution in [0.5, 0.6) is 0 Å². The molecule has 0 bridgehead atoms. The third kappa shape index (κ3) is 3.48. The maximum atomic E-state index is 6.81. The van der Waals surface area contributed by atoms with E-state index in [1.165, 1.54) is 6.08 Å². The Hall–Kier alpha value is -0.520. The summed E-state index contributed by atoms with van der Waals surface area (Å²) in [4.78, 5) is 0. The lowest BCUT2D eigenvalue weighted by Gasteiger charge is -1.56. The minimum absolute atomic E-state index is 0.481. The van der Waals surface area contributed by atoms with Crippen LogP contribution in [0.1, 0.15) is 8.29 Å². The van der Waals surface area contributed by atoms with Crippen LogP contribution in [-0.2, 0) is 0 Å². The van der Waals surface area contributed by atoms with Crippen LogP contribution in [-0.4, -0.2) is 0 Å². The summed E-state index contributed by atoms with van der Waals surface area (Å²) >= 11 is 0. The summed E-state index contributed by atoms with van der Waals surface area (Å²) in [6.07, 6.45) is 3.19. The summed E-state index contributed by atoms with van der Waals surface area (Å²) in [6, 6.07) is 0.481. The highest BCUT2D eigenvalue weighted by Crippen LogP contribution is 1.64. The Kier molecular flexibility index (Phi) is 1.88. The third-order valence-corrected chi connectivity index (χ3v) is 0.285. The van der Waals surface area contributed by atoms with Gasteiger partial charge in [-0.3, -0.25) is 0 Å². The van der Waals surface area contributed by atoms with Gasteiger partial charge in [0.2, 0.25) is 0 Å². The van der Waals surface area contributed by atoms with E-state index in [4.69, 9.17) is 1.37 Å². The lowest BCUT2D eigenvalue weighted by atomic mass is 10.5. The van der Waals surface area contributed by atoms with E-state index in [0.29, 0.717) is 6.05 Å². The largest absolute Gasteiger partial charge is 0.0991 e. The molecule has 0 spiro atoms. The van der Waals surface area contributed by atoms with Crippen LogP contribution in [0.2, 0.25) is 0 Å². The SMILES string of the molecule is [2H]C(C=C)=CC. The Labute approximate surface area is 34.2 Å². The highest BCUT2D eigenvalue weighted by molar-refractivity contribution is 4.94. The molecule has 5 heavy (non-hydrogen) atoms. The monoisotopic (exact) mass is 69.1 g/mol. The number of hydrogen-bond donors (Lipinski definition) is 0. The molecule has 0 nitrogen and oxygen atoms in total. The normalized spacial score (nSPS) is 13.8. The van der Waals surface area contributed by atoms with E-state index in [1.54, 1.807) is 6.08 Å². The van der Waals surface area contributed by atoms with E-state index in [1.807, 2.05) is 6.92 Å². The standard InChI is InChI=1S/C5H8/c1-3-5-4-2/h3-5H,1H2,2H3/i5D. The van der Waals surface area contributed by atoms with Gasteiger partial charge in [-0.2, -0.15) is 0 Å². The van der Waals surface area contributed by atoms with E-state index < -0.39 is 0 Å². The quantitative estimate of drug-likeness (QED) is 0.411. The fourth-order valence-electron chi connectivity index (χ4n) is 0.118. The maximum absolute atomic E-state index is 6.81. The summed E-state index contributed by atoms with van der Waals surface area (Å²) in [5, 5.41) is 0. The Morgan fingerprint density at radius 1 is 2.00 bits per heavy atom. The second-order valence-electron chi connectivity index (χ2n) is 0.659. The minimum Gasteiger partial charge on any atom is -0.0991 e. The predicted octanol–water partition coefficient (Wildman–Crippen LogP) is 1.75. The lowest BCUT2D eigenvalue weighted by molar-refractivity contribution is 1.74. The highest BCUT2D eigenvalue weighted by Gasteiger charge is 1.42. The van der Waals surface area contributed by atoms with E-state index in [9.17, 15) is 0 Å². The van der Waals surface area contributed by atoms with Crippen molar-refractivity contribution >= 4 is 0 Å². The molecule has 0 heteroatoms. The smallest absolute Gasteiger partial charge is 0.0619 e. The van der Waals surface area contributed by atoms with Gasteiger partial charge >= 0.3 is 0 Å². The van der Waals surface area contributed by atoms with Gasteiger partial charge in [-0.05, 0) is 6.92 Å². The minimum atomic E-state index is 0.481. The Morgan fingerprint density at radius 2 is 2.60 bits per heavy atom. The fraction of sp³-hybridized carbons (Fsp3) is 0.200. The maximum Gasteiger partial charge on any atom is 0.0619 e. The first-order chi connectivity index (χ1) is 2.81. The van der Waals surface area contributed by atoms with Gasteiger partial charge in [0.25, 0.3) is 0 Å². The zero-order valence-corrected chi connectivity index (χ0v) is 3.36. The topological polar surface area (TPSA) is 0 Å². The molecule has 0 saturated heterocycles. The van der Waals surface area contributed by atoms with Crippen LogP contribution >= 0.6 is 0 Å². The molecule has 0 amide bonds. The molecule has 0 aromatic carbocycles. The van der Waals surface area contributed by atoms with Crippen LogP contribution in [0.4, 0.5) is 0 Å². The lowest BCUT2D eigenvalue weighted by Crippen LogP contribution is -1.33. The van der Waals surface area contributed by atoms with E-state index >= 15 is 0 Å². The summed E-state index contributed by atoms with van der Waals surface area (Å²) in [5.74, 6) is 0. The molecule has 0 aliphatic rings. The molecule has 0 unspecified atom stereocenters. The molecular weight excluding hydrogens is 60.1 g/mol. The zero-order chi connectivity index (χ0) is 4.99. The fourth-order valence-corrected chi connectivity index (χ4v) is 0.118. The van der Waals surface area contributed by atoms with Crippen molar-refractivity contribution in [3.63, 3.8) is 0 Å². The number of allylic oxidation sites excluding steroid dienone is 3. The second kappa shape index (κ2) is 3.48. The van der Waals surface area contributed by atoms with Gasteiger partial charge < -0.3 is 0 Å². The van der Waals surface area contributed by atoms with Crippen molar-refractivity contribution in [3.05, 3.63) is 24.8 Å². The van der Waals surface area contributed by atoms with Crippen molar-refractivity contribution in [2.24, 2.45) is 0 Å². The van der Waals surface area contributed by atoms with Gasteiger partial charge in [0.15, 0.2) is 0 Å². The Morgan fingerprint density at radius 3 is 2.60 bits per heavy atom. The Balaban J connectivity index is 3.50. The molecule has 0 atom stereocenters. The molecule has 0 aliphatic carbocycles. The molecule has 0 rings (SSSR count). The first kappa shape index (κ1) is 2.70.